The van der Waals surface area contributed by atoms with Gasteiger partial charge in [-0.05, 0) is 24.6 Å². The maximum Gasteiger partial charge on any atom is 0.138 e. The normalized spacial score (nSPS) is 10.9. The number of furan rings is 1. The second kappa shape index (κ2) is 2.80. The quantitative estimate of drug-likeness (QED) is 0.724. The van der Waals surface area contributed by atoms with Gasteiger partial charge in [0.05, 0.1) is 0 Å². The van der Waals surface area contributed by atoms with Crippen molar-refractivity contribution in [3.05, 3.63) is 29.5 Å². The van der Waals surface area contributed by atoms with Crippen LogP contribution in [0.2, 0.25) is 0 Å². The number of phenolic OH excluding ortho intramolecular Hbond substituents is 1. The van der Waals surface area contributed by atoms with Crippen molar-refractivity contribution in [3.63, 3.8) is 0 Å². The Morgan fingerprint density at radius 1 is 1.38 bits per heavy atom. The number of phenols is 1. The van der Waals surface area contributed by atoms with E-state index in [0.29, 0.717) is 0 Å². The van der Waals surface area contributed by atoms with Gasteiger partial charge in [-0.15, -0.1) is 0 Å². The molecule has 1 N–H and O–H groups in total. The minimum absolute atomic E-state index is 0.254. The van der Waals surface area contributed by atoms with E-state index in [1.807, 2.05) is 13.0 Å². The predicted octanol–water partition coefficient (Wildman–Crippen LogP) is 3.01. The Morgan fingerprint density at radius 2 is 2.15 bits per heavy atom. The molecule has 0 spiro atoms. The fourth-order valence-corrected chi connectivity index (χ4v) is 1.60. The van der Waals surface area contributed by atoms with E-state index in [1.54, 1.807) is 12.1 Å². The van der Waals surface area contributed by atoms with Gasteiger partial charge in [0.15, 0.2) is 0 Å². The van der Waals surface area contributed by atoms with Gasteiger partial charge in [0, 0.05) is 17.9 Å². The van der Waals surface area contributed by atoms with Crippen LogP contribution >= 0.6 is 0 Å². The molecule has 2 rings (SSSR count). The molecular formula is C11H12O2. The zero-order valence-corrected chi connectivity index (χ0v) is 7.79. The molecule has 0 radical (unpaired) electrons. The van der Waals surface area contributed by atoms with Gasteiger partial charge in [0.1, 0.15) is 17.1 Å². The molecule has 2 aromatic rings. The summed E-state index contributed by atoms with van der Waals surface area (Å²) in [4.78, 5) is 0. The van der Waals surface area contributed by atoms with Gasteiger partial charge < -0.3 is 9.52 Å². The third-order valence-corrected chi connectivity index (χ3v) is 2.34. The van der Waals surface area contributed by atoms with E-state index in [-0.39, 0.29) is 5.75 Å². The Bertz CT molecular complexity index is 441. The van der Waals surface area contributed by atoms with Gasteiger partial charge >= 0.3 is 0 Å². The molecule has 0 unspecified atom stereocenters. The van der Waals surface area contributed by atoms with Gasteiger partial charge in [-0.3, -0.25) is 0 Å². The first-order valence-electron chi connectivity index (χ1n) is 4.43. The number of fused-ring (bicyclic) bond motifs is 1. The smallest absolute Gasteiger partial charge is 0.138 e. The monoisotopic (exact) mass is 176 g/mol. The summed E-state index contributed by atoms with van der Waals surface area (Å²) in [6.45, 7) is 4.10. The molecule has 2 heteroatoms. The summed E-state index contributed by atoms with van der Waals surface area (Å²) < 4.78 is 5.57. The minimum atomic E-state index is 0.254. The molecule has 0 fully saturated rings. The molecule has 13 heavy (non-hydrogen) atoms. The summed E-state index contributed by atoms with van der Waals surface area (Å²) in [6, 6.07) is 5.23. The van der Waals surface area contributed by atoms with Crippen molar-refractivity contribution in [2.75, 3.05) is 0 Å². The van der Waals surface area contributed by atoms with E-state index in [9.17, 15) is 5.11 Å². The standard InChI is InChI=1S/C11H12O2/c1-3-10-7(2)9-5-4-8(12)6-11(9)13-10/h4-6,12H,3H2,1-2H3. The van der Waals surface area contributed by atoms with Crippen LogP contribution < -0.4 is 0 Å². The fourth-order valence-electron chi connectivity index (χ4n) is 1.60. The van der Waals surface area contributed by atoms with Crippen molar-refractivity contribution >= 4 is 11.0 Å². The molecule has 2 nitrogen and oxygen atoms in total. The molecule has 0 aliphatic carbocycles. The van der Waals surface area contributed by atoms with Crippen LogP contribution in [0.4, 0.5) is 0 Å². The van der Waals surface area contributed by atoms with E-state index in [1.165, 1.54) is 5.56 Å². The highest BCUT2D eigenvalue weighted by molar-refractivity contribution is 5.83. The molecule has 0 aliphatic rings. The summed E-state index contributed by atoms with van der Waals surface area (Å²) in [7, 11) is 0. The first-order chi connectivity index (χ1) is 6.22. The lowest BCUT2D eigenvalue weighted by Gasteiger charge is -1.90. The molecule has 1 heterocycles. The number of hydrogen-bond donors (Lipinski definition) is 1. The van der Waals surface area contributed by atoms with E-state index in [4.69, 9.17) is 4.42 Å². The minimum Gasteiger partial charge on any atom is -0.508 e. The third kappa shape index (κ3) is 1.18. The van der Waals surface area contributed by atoms with Crippen molar-refractivity contribution in [3.8, 4) is 5.75 Å². The first kappa shape index (κ1) is 8.17. The van der Waals surface area contributed by atoms with Gasteiger partial charge in [-0.25, -0.2) is 0 Å². The molecule has 1 aromatic heterocycles. The topological polar surface area (TPSA) is 33.4 Å². The Hall–Kier alpha value is -1.44. The summed E-state index contributed by atoms with van der Waals surface area (Å²) in [5.41, 5.74) is 1.95. The number of hydrogen-bond acceptors (Lipinski definition) is 2. The van der Waals surface area contributed by atoms with Crippen LogP contribution in [0, 0.1) is 6.92 Å². The first-order valence-corrected chi connectivity index (χ1v) is 4.43. The lowest BCUT2D eigenvalue weighted by Crippen LogP contribution is -1.76. The van der Waals surface area contributed by atoms with Crippen molar-refractivity contribution in [1.29, 1.82) is 0 Å². The van der Waals surface area contributed by atoms with Crippen molar-refractivity contribution in [2.24, 2.45) is 0 Å². The highest BCUT2D eigenvalue weighted by Gasteiger charge is 2.08. The summed E-state index contributed by atoms with van der Waals surface area (Å²) in [5, 5.41) is 10.3. The Labute approximate surface area is 76.8 Å². The molecule has 68 valence electrons. The van der Waals surface area contributed by atoms with Crippen LogP contribution in [0.1, 0.15) is 18.2 Å². The van der Waals surface area contributed by atoms with Crippen LogP contribution in [-0.4, -0.2) is 5.11 Å². The molecule has 0 amide bonds. The molecular weight excluding hydrogens is 164 g/mol. The number of rotatable bonds is 1. The molecule has 1 aromatic carbocycles. The third-order valence-electron chi connectivity index (χ3n) is 2.34. The lowest BCUT2D eigenvalue weighted by atomic mass is 10.1. The van der Waals surface area contributed by atoms with E-state index in [0.717, 1.165) is 23.2 Å². The lowest BCUT2D eigenvalue weighted by molar-refractivity contribution is 0.473. The highest BCUT2D eigenvalue weighted by atomic mass is 16.3. The van der Waals surface area contributed by atoms with Gasteiger partial charge in [0.2, 0.25) is 0 Å². The maximum atomic E-state index is 9.24. The molecule has 0 bridgehead atoms. The highest BCUT2D eigenvalue weighted by Crippen LogP contribution is 2.28. The maximum absolute atomic E-state index is 9.24. The Kier molecular flexibility index (Phi) is 1.76. The van der Waals surface area contributed by atoms with Crippen molar-refractivity contribution < 1.29 is 9.52 Å². The van der Waals surface area contributed by atoms with Crippen LogP contribution in [0.3, 0.4) is 0 Å². The summed E-state index contributed by atoms with van der Waals surface area (Å²) >= 11 is 0. The van der Waals surface area contributed by atoms with Crippen LogP contribution in [0.5, 0.6) is 5.75 Å². The fraction of sp³-hybridized carbons (Fsp3) is 0.273. The Morgan fingerprint density at radius 3 is 2.85 bits per heavy atom. The summed E-state index contributed by atoms with van der Waals surface area (Å²) in [5.74, 6) is 1.25. The predicted molar refractivity (Wildman–Crippen MR) is 52.0 cm³/mol. The van der Waals surface area contributed by atoms with Gasteiger partial charge in [-0.1, -0.05) is 6.92 Å². The second-order valence-corrected chi connectivity index (χ2v) is 3.18. The average molecular weight is 176 g/mol. The zero-order chi connectivity index (χ0) is 9.42. The van der Waals surface area contributed by atoms with Crippen molar-refractivity contribution in [1.82, 2.24) is 0 Å². The van der Waals surface area contributed by atoms with Crippen LogP contribution in [-0.2, 0) is 6.42 Å². The van der Waals surface area contributed by atoms with Gasteiger partial charge in [-0.2, -0.15) is 0 Å². The summed E-state index contributed by atoms with van der Waals surface area (Å²) in [6.07, 6.45) is 0.890. The van der Waals surface area contributed by atoms with Crippen molar-refractivity contribution in [2.45, 2.75) is 20.3 Å². The zero-order valence-electron chi connectivity index (χ0n) is 7.79. The largest absolute Gasteiger partial charge is 0.508 e. The van der Waals surface area contributed by atoms with E-state index >= 15 is 0 Å². The van der Waals surface area contributed by atoms with E-state index < -0.39 is 0 Å². The number of aromatic hydroxyl groups is 1. The second-order valence-electron chi connectivity index (χ2n) is 3.18. The molecule has 0 atom stereocenters. The van der Waals surface area contributed by atoms with Gasteiger partial charge in [0.25, 0.3) is 0 Å². The average Bonchev–Trinajstić information content (AvgIpc) is 2.42. The molecule has 0 saturated carbocycles. The number of aryl methyl sites for hydroxylation is 2. The van der Waals surface area contributed by atoms with Crippen LogP contribution in [0.15, 0.2) is 22.6 Å². The van der Waals surface area contributed by atoms with E-state index in [2.05, 4.69) is 6.92 Å². The molecule has 0 saturated heterocycles. The SMILES string of the molecule is CCc1oc2cc(O)ccc2c1C. The van der Waals surface area contributed by atoms with Crippen LogP contribution in [0.25, 0.3) is 11.0 Å². The Balaban J connectivity index is 2.76. The molecule has 0 aliphatic heterocycles. The number of benzene rings is 1.